The standard InChI is InChI=1S/C13H23N3O2/c1-12(17)10-14-6-8-15(9-7-14)11-13(18)16-4-2-3-5-16/h2-11H2,1H3. The Labute approximate surface area is 109 Å². The number of nitrogens with zero attached hydrogens (tertiary/aromatic N) is 3. The highest BCUT2D eigenvalue weighted by Crippen LogP contribution is 2.09. The Morgan fingerprint density at radius 1 is 0.833 bits per heavy atom. The number of likely N-dealkylation sites (tertiary alicyclic amines) is 1. The second-order valence-electron chi connectivity index (χ2n) is 5.34. The molecule has 0 radical (unpaired) electrons. The number of carbonyl (C=O) groups is 2. The van der Waals surface area contributed by atoms with Gasteiger partial charge in [0.2, 0.25) is 5.91 Å². The average molecular weight is 253 g/mol. The maximum Gasteiger partial charge on any atom is 0.236 e. The van der Waals surface area contributed by atoms with Crippen LogP contribution in [0.5, 0.6) is 0 Å². The quantitative estimate of drug-likeness (QED) is 0.697. The van der Waals surface area contributed by atoms with Crippen LogP contribution in [-0.2, 0) is 9.59 Å². The monoisotopic (exact) mass is 253 g/mol. The van der Waals surface area contributed by atoms with Gasteiger partial charge in [-0.1, -0.05) is 0 Å². The van der Waals surface area contributed by atoms with Gasteiger partial charge in [-0.05, 0) is 19.8 Å². The van der Waals surface area contributed by atoms with Gasteiger partial charge in [-0.25, -0.2) is 0 Å². The van der Waals surface area contributed by atoms with Crippen molar-refractivity contribution in [3.8, 4) is 0 Å². The first kappa shape index (κ1) is 13.5. The fourth-order valence-corrected chi connectivity index (χ4v) is 2.68. The fourth-order valence-electron chi connectivity index (χ4n) is 2.68. The summed E-state index contributed by atoms with van der Waals surface area (Å²) in [6.45, 7) is 8.18. The zero-order valence-electron chi connectivity index (χ0n) is 11.2. The molecule has 102 valence electrons. The molecule has 2 fully saturated rings. The van der Waals surface area contributed by atoms with Crippen LogP contribution in [0.25, 0.3) is 0 Å². The molecule has 0 aliphatic carbocycles. The van der Waals surface area contributed by atoms with Crippen molar-refractivity contribution in [3.05, 3.63) is 0 Å². The van der Waals surface area contributed by atoms with Gasteiger partial charge in [-0.15, -0.1) is 0 Å². The van der Waals surface area contributed by atoms with Gasteiger partial charge in [0.25, 0.3) is 0 Å². The molecule has 0 atom stereocenters. The van der Waals surface area contributed by atoms with Gasteiger partial charge in [0, 0.05) is 39.3 Å². The van der Waals surface area contributed by atoms with Crippen LogP contribution in [0.1, 0.15) is 19.8 Å². The molecule has 1 amide bonds. The van der Waals surface area contributed by atoms with Crippen molar-refractivity contribution in [2.75, 3.05) is 52.4 Å². The zero-order chi connectivity index (χ0) is 13.0. The van der Waals surface area contributed by atoms with E-state index in [0.29, 0.717) is 13.1 Å². The third-order valence-electron chi connectivity index (χ3n) is 3.73. The number of amides is 1. The molecule has 2 heterocycles. The van der Waals surface area contributed by atoms with Crippen molar-refractivity contribution >= 4 is 11.7 Å². The first-order valence-corrected chi connectivity index (χ1v) is 6.87. The van der Waals surface area contributed by atoms with Crippen LogP contribution in [0.2, 0.25) is 0 Å². The van der Waals surface area contributed by atoms with Gasteiger partial charge in [-0.3, -0.25) is 19.4 Å². The molecule has 18 heavy (non-hydrogen) atoms. The van der Waals surface area contributed by atoms with Crippen molar-refractivity contribution in [2.45, 2.75) is 19.8 Å². The van der Waals surface area contributed by atoms with Gasteiger partial charge >= 0.3 is 0 Å². The van der Waals surface area contributed by atoms with Crippen LogP contribution in [0, 0.1) is 0 Å². The molecule has 2 aliphatic heterocycles. The molecule has 0 N–H and O–H groups in total. The number of piperazine rings is 1. The van der Waals surface area contributed by atoms with E-state index in [-0.39, 0.29) is 11.7 Å². The molecule has 0 aromatic rings. The van der Waals surface area contributed by atoms with Crippen molar-refractivity contribution < 1.29 is 9.59 Å². The van der Waals surface area contributed by atoms with Gasteiger partial charge in [0.05, 0.1) is 13.1 Å². The summed E-state index contributed by atoms with van der Waals surface area (Å²) in [6.07, 6.45) is 2.30. The van der Waals surface area contributed by atoms with Crippen LogP contribution in [0.15, 0.2) is 0 Å². The van der Waals surface area contributed by atoms with Crippen LogP contribution in [0.4, 0.5) is 0 Å². The largest absolute Gasteiger partial charge is 0.342 e. The molecular formula is C13H23N3O2. The first-order chi connectivity index (χ1) is 8.65. The molecule has 2 saturated heterocycles. The third kappa shape index (κ3) is 3.78. The summed E-state index contributed by atoms with van der Waals surface area (Å²) >= 11 is 0. The molecule has 0 aromatic heterocycles. The Bertz CT molecular complexity index is 305. The number of carbonyl (C=O) groups excluding carboxylic acids is 2. The van der Waals surface area contributed by atoms with E-state index < -0.39 is 0 Å². The summed E-state index contributed by atoms with van der Waals surface area (Å²) in [6, 6.07) is 0. The van der Waals surface area contributed by atoms with Crippen molar-refractivity contribution in [3.63, 3.8) is 0 Å². The normalized spacial score (nSPS) is 22.4. The summed E-state index contributed by atoms with van der Waals surface area (Å²) in [5, 5.41) is 0. The van der Waals surface area contributed by atoms with Crippen LogP contribution >= 0.6 is 0 Å². The van der Waals surface area contributed by atoms with Crippen LogP contribution < -0.4 is 0 Å². The predicted molar refractivity (Wildman–Crippen MR) is 69.4 cm³/mol. The van der Waals surface area contributed by atoms with E-state index in [1.807, 2.05) is 4.90 Å². The fraction of sp³-hybridized carbons (Fsp3) is 0.846. The summed E-state index contributed by atoms with van der Waals surface area (Å²) < 4.78 is 0. The van der Waals surface area contributed by atoms with E-state index in [1.165, 1.54) is 0 Å². The predicted octanol–water partition coefficient (Wildman–Crippen LogP) is -0.185. The summed E-state index contributed by atoms with van der Waals surface area (Å²) in [5.41, 5.74) is 0. The number of ketones is 1. The number of Topliss-reactive ketones (excluding diaryl/α,β-unsaturated/α-hetero) is 1. The molecule has 0 saturated carbocycles. The maximum atomic E-state index is 12.0. The molecule has 2 aliphatic rings. The van der Waals surface area contributed by atoms with Gasteiger partial charge in [-0.2, -0.15) is 0 Å². The molecule has 5 heteroatoms. The molecule has 2 rings (SSSR count). The van der Waals surface area contributed by atoms with Gasteiger partial charge < -0.3 is 4.90 Å². The SMILES string of the molecule is CC(=O)CN1CCN(CC(=O)N2CCCC2)CC1. The lowest BCUT2D eigenvalue weighted by Crippen LogP contribution is -2.50. The third-order valence-corrected chi connectivity index (χ3v) is 3.73. The Hall–Kier alpha value is -0.940. The lowest BCUT2D eigenvalue weighted by Gasteiger charge is -2.34. The Kier molecular flexibility index (Phi) is 4.72. The summed E-state index contributed by atoms with van der Waals surface area (Å²) in [7, 11) is 0. The van der Waals surface area contributed by atoms with Crippen LogP contribution in [0.3, 0.4) is 0 Å². The number of rotatable bonds is 4. The summed E-state index contributed by atoms with van der Waals surface area (Å²) in [5.74, 6) is 0.490. The minimum atomic E-state index is 0.219. The average Bonchev–Trinajstić information content (AvgIpc) is 2.84. The van der Waals surface area contributed by atoms with E-state index in [2.05, 4.69) is 9.80 Å². The molecule has 0 aromatic carbocycles. The highest BCUT2D eigenvalue weighted by atomic mass is 16.2. The molecular weight excluding hydrogens is 230 g/mol. The van der Waals surface area contributed by atoms with Crippen molar-refractivity contribution in [2.24, 2.45) is 0 Å². The topological polar surface area (TPSA) is 43.9 Å². The Morgan fingerprint density at radius 2 is 1.33 bits per heavy atom. The first-order valence-electron chi connectivity index (χ1n) is 6.87. The smallest absolute Gasteiger partial charge is 0.236 e. The molecule has 0 bridgehead atoms. The second kappa shape index (κ2) is 6.29. The van der Waals surface area contributed by atoms with Crippen LogP contribution in [-0.4, -0.2) is 78.7 Å². The minimum Gasteiger partial charge on any atom is -0.342 e. The molecule has 5 nitrogen and oxygen atoms in total. The second-order valence-corrected chi connectivity index (χ2v) is 5.34. The van der Waals surface area contributed by atoms with E-state index in [4.69, 9.17) is 0 Å². The van der Waals surface area contributed by atoms with Crippen molar-refractivity contribution in [1.29, 1.82) is 0 Å². The van der Waals surface area contributed by atoms with E-state index >= 15 is 0 Å². The molecule has 0 unspecified atom stereocenters. The summed E-state index contributed by atoms with van der Waals surface area (Å²) in [4.78, 5) is 29.4. The Morgan fingerprint density at radius 3 is 1.83 bits per heavy atom. The van der Waals surface area contributed by atoms with Crippen molar-refractivity contribution in [1.82, 2.24) is 14.7 Å². The van der Waals surface area contributed by atoms with E-state index in [0.717, 1.165) is 52.1 Å². The highest BCUT2D eigenvalue weighted by Gasteiger charge is 2.23. The van der Waals surface area contributed by atoms with E-state index in [1.54, 1.807) is 6.92 Å². The number of hydrogen-bond donors (Lipinski definition) is 0. The highest BCUT2D eigenvalue weighted by molar-refractivity contribution is 5.78. The number of hydrogen-bond acceptors (Lipinski definition) is 4. The minimum absolute atomic E-state index is 0.219. The lowest BCUT2D eigenvalue weighted by molar-refractivity contribution is -0.132. The van der Waals surface area contributed by atoms with Gasteiger partial charge in [0.15, 0.2) is 0 Å². The molecule has 0 spiro atoms. The maximum absolute atomic E-state index is 12.0. The zero-order valence-corrected chi connectivity index (χ0v) is 11.2. The Balaban J connectivity index is 1.69. The lowest BCUT2D eigenvalue weighted by atomic mass is 10.3. The van der Waals surface area contributed by atoms with E-state index in [9.17, 15) is 9.59 Å². The van der Waals surface area contributed by atoms with Gasteiger partial charge in [0.1, 0.15) is 5.78 Å².